The van der Waals surface area contributed by atoms with Crippen LogP contribution < -0.4 is 11.1 Å². The van der Waals surface area contributed by atoms with E-state index in [2.05, 4.69) is 20.4 Å². The lowest BCUT2D eigenvalue weighted by atomic mass is 10.4. The van der Waals surface area contributed by atoms with Crippen molar-refractivity contribution in [1.29, 1.82) is 0 Å². The molecule has 3 N–H and O–H groups in total. The maximum atomic E-state index is 5.85. The largest absolute Gasteiger partial charge is 0.383 e. The molecule has 7 heteroatoms. The summed E-state index contributed by atoms with van der Waals surface area (Å²) in [5, 5.41) is 8.01. The molecular weight excluding hydrogens is 232 g/mol. The number of nitrogens with one attached hydrogen (secondary N) is 1. The van der Waals surface area contributed by atoms with Crippen LogP contribution >= 0.6 is 0 Å². The molecular formula is C11H18N6O. The summed E-state index contributed by atoms with van der Waals surface area (Å²) in [5.41, 5.74) is 6.58. The Morgan fingerprint density at radius 2 is 2.28 bits per heavy atom. The van der Waals surface area contributed by atoms with Crippen LogP contribution in [0, 0.1) is 0 Å². The van der Waals surface area contributed by atoms with Gasteiger partial charge in [-0.15, -0.1) is 0 Å². The summed E-state index contributed by atoms with van der Waals surface area (Å²) in [6.45, 7) is 4.20. The maximum absolute atomic E-state index is 5.85. The highest BCUT2D eigenvalue weighted by molar-refractivity contribution is 5.86. The number of nitrogens with zero attached hydrogens (tertiary/aromatic N) is 4. The minimum Gasteiger partial charge on any atom is -0.383 e. The summed E-state index contributed by atoms with van der Waals surface area (Å²) in [6.07, 6.45) is 2.57. The van der Waals surface area contributed by atoms with Crippen LogP contribution in [0.25, 0.3) is 11.0 Å². The molecule has 0 aliphatic carbocycles. The second-order valence-corrected chi connectivity index (χ2v) is 3.92. The van der Waals surface area contributed by atoms with Crippen LogP contribution in [0.15, 0.2) is 6.20 Å². The van der Waals surface area contributed by atoms with Gasteiger partial charge in [0.25, 0.3) is 0 Å². The highest BCUT2D eigenvalue weighted by Crippen LogP contribution is 2.18. The molecule has 0 aromatic carbocycles. The van der Waals surface area contributed by atoms with E-state index >= 15 is 0 Å². The number of anilines is 2. The van der Waals surface area contributed by atoms with E-state index in [-0.39, 0.29) is 0 Å². The van der Waals surface area contributed by atoms with Crippen LogP contribution in [-0.4, -0.2) is 39.5 Å². The Hall–Kier alpha value is -1.89. The molecule has 2 rings (SSSR count). The fourth-order valence-corrected chi connectivity index (χ4v) is 1.64. The van der Waals surface area contributed by atoms with Gasteiger partial charge in [-0.05, 0) is 13.3 Å². The lowest BCUT2D eigenvalue weighted by Gasteiger charge is -2.06. The predicted molar refractivity (Wildman–Crippen MR) is 70.3 cm³/mol. The molecule has 0 saturated heterocycles. The van der Waals surface area contributed by atoms with Crippen LogP contribution in [0.4, 0.5) is 11.8 Å². The lowest BCUT2D eigenvalue weighted by molar-refractivity contribution is 0.147. The molecule has 0 radical (unpaired) electrons. The molecule has 2 aromatic rings. The van der Waals surface area contributed by atoms with Gasteiger partial charge in [0.2, 0.25) is 5.95 Å². The van der Waals surface area contributed by atoms with Gasteiger partial charge in [-0.1, -0.05) is 0 Å². The van der Waals surface area contributed by atoms with Crippen LogP contribution in [-0.2, 0) is 11.8 Å². The summed E-state index contributed by atoms with van der Waals surface area (Å²) < 4.78 is 6.93. The van der Waals surface area contributed by atoms with Crippen molar-refractivity contribution in [1.82, 2.24) is 19.7 Å². The first-order valence-electron chi connectivity index (χ1n) is 5.99. The van der Waals surface area contributed by atoms with Crippen molar-refractivity contribution in [3.05, 3.63) is 6.20 Å². The Kier molecular flexibility index (Phi) is 3.93. The molecule has 2 heterocycles. The van der Waals surface area contributed by atoms with Gasteiger partial charge in [-0.25, -0.2) is 0 Å². The number of hydrogen-bond donors (Lipinski definition) is 2. The smallest absolute Gasteiger partial charge is 0.226 e. The molecule has 98 valence electrons. The van der Waals surface area contributed by atoms with E-state index in [1.807, 2.05) is 14.0 Å². The summed E-state index contributed by atoms with van der Waals surface area (Å²) in [4.78, 5) is 8.56. The number of ether oxygens (including phenoxy) is 1. The molecule has 0 fully saturated rings. The first-order valence-corrected chi connectivity index (χ1v) is 5.99. The van der Waals surface area contributed by atoms with Crippen LogP contribution in [0.5, 0.6) is 0 Å². The van der Waals surface area contributed by atoms with E-state index < -0.39 is 0 Å². The number of hydrogen-bond acceptors (Lipinski definition) is 6. The SMILES string of the molecule is CCOCCCNc1nc(N)c2cnn(C)c2n1. The predicted octanol–water partition coefficient (Wildman–Crippen LogP) is 0.784. The number of aromatic nitrogens is 4. The van der Waals surface area contributed by atoms with Crippen LogP contribution in [0.3, 0.4) is 0 Å². The Morgan fingerprint density at radius 3 is 3.06 bits per heavy atom. The quantitative estimate of drug-likeness (QED) is 0.736. The van der Waals surface area contributed by atoms with E-state index in [0.29, 0.717) is 11.8 Å². The zero-order valence-corrected chi connectivity index (χ0v) is 10.7. The topological polar surface area (TPSA) is 90.9 Å². The number of nitrogen functional groups attached to an aromatic ring is 1. The zero-order chi connectivity index (χ0) is 13.0. The standard InChI is InChI=1S/C11H18N6O/c1-3-18-6-4-5-13-11-15-9(12)8-7-14-17(2)10(8)16-11/h7H,3-6H2,1-2H3,(H3,12,13,15,16). The maximum Gasteiger partial charge on any atom is 0.226 e. The van der Waals surface area contributed by atoms with Crippen molar-refractivity contribution in [3.63, 3.8) is 0 Å². The van der Waals surface area contributed by atoms with Crippen LogP contribution in [0.2, 0.25) is 0 Å². The van der Waals surface area contributed by atoms with Crippen molar-refractivity contribution in [2.75, 3.05) is 30.8 Å². The fourth-order valence-electron chi connectivity index (χ4n) is 1.64. The van der Waals surface area contributed by atoms with Crippen molar-refractivity contribution in [2.24, 2.45) is 7.05 Å². The molecule has 18 heavy (non-hydrogen) atoms. The highest BCUT2D eigenvalue weighted by atomic mass is 16.5. The van der Waals surface area contributed by atoms with E-state index in [0.717, 1.165) is 37.2 Å². The first kappa shape index (κ1) is 12.6. The van der Waals surface area contributed by atoms with Crippen molar-refractivity contribution in [2.45, 2.75) is 13.3 Å². The summed E-state index contributed by atoms with van der Waals surface area (Å²) in [6, 6.07) is 0. The first-order chi connectivity index (χ1) is 8.72. The average molecular weight is 250 g/mol. The Labute approximate surface area is 105 Å². The van der Waals surface area contributed by atoms with Gasteiger partial charge >= 0.3 is 0 Å². The molecule has 0 aliphatic heterocycles. The third kappa shape index (κ3) is 2.67. The minimum absolute atomic E-state index is 0.445. The molecule has 0 spiro atoms. The van der Waals surface area contributed by atoms with Crippen molar-refractivity contribution in [3.8, 4) is 0 Å². The van der Waals surface area contributed by atoms with Gasteiger partial charge in [0, 0.05) is 26.8 Å². The second kappa shape index (κ2) is 5.63. The molecule has 0 amide bonds. The molecule has 0 atom stereocenters. The Bertz CT molecular complexity index is 523. The third-order valence-electron chi connectivity index (χ3n) is 2.57. The molecule has 7 nitrogen and oxygen atoms in total. The monoisotopic (exact) mass is 250 g/mol. The molecule has 0 saturated carbocycles. The van der Waals surface area contributed by atoms with Gasteiger partial charge in [-0.2, -0.15) is 15.1 Å². The van der Waals surface area contributed by atoms with Gasteiger partial charge in [-0.3, -0.25) is 4.68 Å². The number of aryl methyl sites for hydroxylation is 1. The van der Waals surface area contributed by atoms with E-state index in [1.54, 1.807) is 10.9 Å². The number of rotatable bonds is 6. The van der Waals surface area contributed by atoms with Crippen LogP contribution in [0.1, 0.15) is 13.3 Å². The second-order valence-electron chi connectivity index (χ2n) is 3.92. The average Bonchev–Trinajstić information content (AvgIpc) is 2.72. The van der Waals surface area contributed by atoms with Gasteiger partial charge < -0.3 is 15.8 Å². The Balaban J connectivity index is 2.02. The van der Waals surface area contributed by atoms with Gasteiger partial charge in [0.05, 0.1) is 11.6 Å². The third-order valence-corrected chi connectivity index (χ3v) is 2.57. The van der Waals surface area contributed by atoms with E-state index in [1.165, 1.54) is 0 Å². The van der Waals surface area contributed by atoms with Gasteiger partial charge in [0.1, 0.15) is 5.82 Å². The minimum atomic E-state index is 0.445. The molecule has 2 aromatic heterocycles. The number of fused-ring (bicyclic) bond motifs is 1. The summed E-state index contributed by atoms with van der Waals surface area (Å²) in [5.74, 6) is 0.973. The van der Waals surface area contributed by atoms with E-state index in [9.17, 15) is 0 Å². The van der Waals surface area contributed by atoms with E-state index in [4.69, 9.17) is 10.5 Å². The van der Waals surface area contributed by atoms with Crippen molar-refractivity contribution >= 4 is 22.8 Å². The zero-order valence-electron chi connectivity index (χ0n) is 10.7. The summed E-state index contributed by atoms with van der Waals surface area (Å²) in [7, 11) is 1.83. The normalized spacial score (nSPS) is 11.0. The van der Waals surface area contributed by atoms with Gasteiger partial charge in [0.15, 0.2) is 5.65 Å². The molecule has 0 bridgehead atoms. The Morgan fingerprint density at radius 1 is 1.44 bits per heavy atom. The molecule has 0 unspecified atom stereocenters. The fraction of sp³-hybridized carbons (Fsp3) is 0.545. The molecule has 0 aliphatic rings. The summed E-state index contributed by atoms with van der Waals surface area (Å²) >= 11 is 0. The number of nitrogens with two attached hydrogens (primary N) is 1. The van der Waals surface area contributed by atoms with Crippen molar-refractivity contribution < 1.29 is 4.74 Å². The lowest BCUT2D eigenvalue weighted by Crippen LogP contribution is -2.10. The highest BCUT2D eigenvalue weighted by Gasteiger charge is 2.08.